The topological polar surface area (TPSA) is 37.6 Å². The van der Waals surface area contributed by atoms with Crippen LogP contribution in [-0.4, -0.2) is 37.7 Å². The first-order valence-corrected chi connectivity index (χ1v) is 8.12. The molecule has 0 saturated carbocycles. The quantitative estimate of drug-likeness (QED) is 0.839. The van der Waals surface area contributed by atoms with Crippen molar-refractivity contribution in [1.29, 1.82) is 0 Å². The minimum absolute atomic E-state index is 0.440. The van der Waals surface area contributed by atoms with Gasteiger partial charge >= 0.3 is 0 Å². The number of piperidine rings is 1. The molecule has 1 aliphatic heterocycles. The number of hydrogen-bond donors (Lipinski definition) is 1. The van der Waals surface area contributed by atoms with Gasteiger partial charge in [-0.1, -0.05) is 13.8 Å². The van der Waals surface area contributed by atoms with Gasteiger partial charge < -0.3 is 14.5 Å². The Morgan fingerprint density at radius 3 is 2.71 bits per heavy atom. The molecule has 0 amide bonds. The van der Waals surface area contributed by atoms with E-state index in [9.17, 15) is 0 Å². The number of furan rings is 1. The summed E-state index contributed by atoms with van der Waals surface area (Å²) >= 11 is 0. The maximum atomic E-state index is 6.02. The molecule has 0 radical (unpaired) electrons. The predicted molar refractivity (Wildman–Crippen MR) is 85.3 cm³/mol. The number of ether oxygens (including phenoxy) is 1. The van der Waals surface area contributed by atoms with E-state index in [1.54, 1.807) is 0 Å². The maximum Gasteiger partial charge on any atom is 0.120 e. The first-order chi connectivity index (χ1) is 10.1. The second-order valence-electron chi connectivity index (χ2n) is 6.55. The van der Waals surface area contributed by atoms with Crippen LogP contribution in [0, 0.1) is 12.8 Å². The molecule has 4 heteroatoms. The Kier molecular flexibility index (Phi) is 6.27. The van der Waals surface area contributed by atoms with Gasteiger partial charge in [0.1, 0.15) is 11.5 Å². The molecule has 120 valence electrons. The summed E-state index contributed by atoms with van der Waals surface area (Å²) in [7, 11) is 1.81. The SMILES string of the molecule is COC1CCN(Cc2cc(C)c(CNCC(C)C)o2)CC1. The maximum absolute atomic E-state index is 6.02. The molecule has 1 fully saturated rings. The Bertz CT molecular complexity index is 420. The van der Waals surface area contributed by atoms with Gasteiger partial charge in [-0.25, -0.2) is 0 Å². The van der Waals surface area contributed by atoms with Crippen LogP contribution in [0.3, 0.4) is 0 Å². The zero-order valence-corrected chi connectivity index (χ0v) is 13.9. The van der Waals surface area contributed by atoms with E-state index >= 15 is 0 Å². The van der Waals surface area contributed by atoms with Crippen molar-refractivity contribution in [1.82, 2.24) is 10.2 Å². The number of methoxy groups -OCH3 is 1. The summed E-state index contributed by atoms with van der Waals surface area (Å²) < 4.78 is 11.4. The Morgan fingerprint density at radius 2 is 2.10 bits per heavy atom. The Hall–Kier alpha value is -0.840. The highest BCUT2D eigenvalue weighted by atomic mass is 16.5. The van der Waals surface area contributed by atoms with Crippen LogP contribution in [0.4, 0.5) is 0 Å². The van der Waals surface area contributed by atoms with Gasteiger partial charge in [0.15, 0.2) is 0 Å². The lowest BCUT2D eigenvalue weighted by Gasteiger charge is -2.30. The third-order valence-corrected chi connectivity index (χ3v) is 4.16. The van der Waals surface area contributed by atoms with Gasteiger partial charge in [0.25, 0.3) is 0 Å². The van der Waals surface area contributed by atoms with Gasteiger partial charge in [0.05, 0.1) is 19.2 Å². The molecule has 1 saturated heterocycles. The van der Waals surface area contributed by atoms with Crippen LogP contribution >= 0.6 is 0 Å². The fourth-order valence-corrected chi connectivity index (χ4v) is 2.84. The largest absolute Gasteiger partial charge is 0.463 e. The highest BCUT2D eigenvalue weighted by Gasteiger charge is 2.20. The number of rotatable bonds is 7. The number of hydrogen-bond acceptors (Lipinski definition) is 4. The predicted octanol–water partition coefficient (Wildman–Crippen LogP) is 2.94. The van der Waals surface area contributed by atoms with E-state index in [0.717, 1.165) is 57.1 Å². The molecule has 21 heavy (non-hydrogen) atoms. The molecular weight excluding hydrogens is 264 g/mol. The minimum atomic E-state index is 0.440. The second-order valence-corrected chi connectivity index (χ2v) is 6.55. The van der Waals surface area contributed by atoms with Gasteiger partial charge in [-0.3, -0.25) is 4.90 Å². The number of nitrogens with one attached hydrogen (secondary N) is 1. The van der Waals surface area contributed by atoms with Gasteiger partial charge in [-0.15, -0.1) is 0 Å². The van der Waals surface area contributed by atoms with Crippen molar-refractivity contribution in [3.63, 3.8) is 0 Å². The highest BCUT2D eigenvalue weighted by Crippen LogP contribution is 2.19. The molecule has 1 N–H and O–H groups in total. The minimum Gasteiger partial charge on any atom is -0.463 e. The fourth-order valence-electron chi connectivity index (χ4n) is 2.84. The molecule has 0 bridgehead atoms. The Morgan fingerprint density at radius 1 is 1.38 bits per heavy atom. The standard InChI is InChI=1S/C17H30N2O2/c1-13(2)10-18-11-17-14(3)9-16(21-17)12-19-7-5-15(20-4)6-8-19/h9,13,15,18H,5-8,10-12H2,1-4H3. The molecule has 0 atom stereocenters. The summed E-state index contributed by atoms with van der Waals surface area (Å²) in [5.74, 6) is 2.84. The highest BCUT2D eigenvalue weighted by molar-refractivity contribution is 5.20. The van der Waals surface area contributed by atoms with Gasteiger partial charge in [-0.2, -0.15) is 0 Å². The van der Waals surface area contributed by atoms with Crippen molar-refractivity contribution in [2.24, 2.45) is 5.92 Å². The summed E-state index contributed by atoms with van der Waals surface area (Å²) in [4.78, 5) is 2.46. The lowest BCUT2D eigenvalue weighted by molar-refractivity contribution is 0.0369. The van der Waals surface area contributed by atoms with E-state index in [2.05, 4.69) is 37.1 Å². The van der Waals surface area contributed by atoms with Crippen molar-refractivity contribution in [2.75, 3.05) is 26.7 Å². The van der Waals surface area contributed by atoms with Crippen LogP contribution in [0.1, 0.15) is 43.8 Å². The number of aryl methyl sites for hydroxylation is 1. The molecule has 2 rings (SSSR count). The zero-order valence-electron chi connectivity index (χ0n) is 13.9. The van der Waals surface area contributed by atoms with Crippen LogP contribution in [0.2, 0.25) is 0 Å². The summed E-state index contributed by atoms with van der Waals surface area (Å²) in [6, 6.07) is 2.19. The number of likely N-dealkylation sites (tertiary alicyclic amines) is 1. The monoisotopic (exact) mass is 294 g/mol. The fraction of sp³-hybridized carbons (Fsp3) is 0.765. The van der Waals surface area contributed by atoms with E-state index in [1.165, 1.54) is 5.56 Å². The Balaban J connectivity index is 1.81. The lowest BCUT2D eigenvalue weighted by atomic mass is 10.1. The summed E-state index contributed by atoms with van der Waals surface area (Å²) in [5, 5.41) is 3.45. The van der Waals surface area contributed by atoms with E-state index < -0.39 is 0 Å². The van der Waals surface area contributed by atoms with Gasteiger partial charge in [0.2, 0.25) is 0 Å². The zero-order chi connectivity index (χ0) is 15.2. The Labute approximate surface area is 128 Å². The summed E-state index contributed by atoms with van der Waals surface area (Å²) in [6.45, 7) is 11.5. The van der Waals surface area contributed by atoms with Crippen molar-refractivity contribution in [3.8, 4) is 0 Å². The van der Waals surface area contributed by atoms with Crippen LogP contribution in [-0.2, 0) is 17.8 Å². The molecule has 0 aliphatic carbocycles. The molecule has 0 aromatic carbocycles. The van der Waals surface area contributed by atoms with Gasteiger partial charge in [-0.05, 0) is 43.9 Å². The summed E-state index contributed by atoms with van der Waals surface area (Å²) in [5.41, 5.74) is 1.26. The molecule has 4 nitrogen and oxygen atoms in total. The van der Waals surface area contributed by atoms with E-state index in [0.29, 0.717) is 12.0 Å². The average molecular weight is 294 g/mol. The number of nitrogens with zero attached hydrogens (tertiary/aromatic N) is 1. The third kappa shape index (κ3) is 5.13. The van der Waals surface area contributed by atoms with E-state index in [-0.39, 0.29) is 0 Å². The van der Waals surface area contributed by atoms with E-state index in [4.69, 9.17) is 9.15 Å². The molecule has 0 spiro atoms. The van der Waals surface area contributed by atoms with Crippen molar-refractivity contribution < 1.29 is 9.15 Å². The first-order valence-electron chi connectivity index (χ1n) is 8.12. The third-order valence-electron chi connectivity index (χ3n) is 4.16. The second kappa shape index (κ2) is 7.97. The molecule has 0 unspecified atom stereocenters. The van der Waals surface area contributed by atoms with Gasteiger partial charge in [0, 0.05) is 20.2 Å². The smallest absolute Gasteiger partial charge is 0.120 e. The lowest BCUT2D eigenvalue weighted by Crippen LogP contribution is -2.36. The van der Waals surface area contributed by atoms with Crippen molar-refractivity contribution in [3.05, 3.63) is 23.2 Å². The van der Waals surface area contributed by atoms with Crippen molar-refractivity contribution in [2.45, 2.75) is 52.8 Å². The molecular formula is C17H30N2O2. The van der Waals surface area contributed by atoms with Crippen molar-refractivity contribution >= 4 is 0 Å². The summed E-state index contributed by atoms with van der Waals surface area (Å²) in [6.07, 6.45) is 2.69. The normalized spacial score (nSPS) is 17.8. The molecule has 1 aromatic heterocycles. The van der Waals surface area contributed by atoms with E-state index in [1.807, 2.05) is 7.11 Å². The molecule has 1 aromatic rings. The first kappa shape index (κ1) is 16.5. The molecule has 1 aliphatic rings. The molecule has 2 heterocycles. The van der Waals surface area contributed by atoms with Crippen LogP contribution in [0.5, 0.6) is 0 Å². The van der Waals surface area contributed by atoms with Crippen LogP contribution < -0.4 is 5.32 Å². The van der Waals surface area contributed by atoms with Crippen LogP contribution in [0.15, 0.2) is 10.5 Å². The average Bonchev–Trinajstić information content (AvgIpc) is 2.79. The van der Waals surface area contributed by atoms with Crippen LogP contribution in [0.25, 0.3) is 0 Å².